The molecule has 0 saturated carbocycles. The number of ether oxygens (including phenoxy) is 5. The van der Waals surface area contributed by atoms with E-state index in [0.29, 0.717) is 130 Å². The fourth-order valence-electron chi connectivity index (χ4n) is 9.31. The molecule has 0 unspecified atom stereocenters. The maximum Gasteiger partial charge on any atom is 1.00 e. The quantitative estimate of drug-likeness (QED) is 0.0206. The molecule has 1 N–H and O–H groups in total. The van der Waals surface area contributed by atoms with E-state index in [4.69, 9.17) is 24.6 Å². The van der Waals surface area contributed by atoms with Crippen molar-refractivity contribution in [2.75, 3.05) is 19.8 Å². The van der Waals surface area contributed by atoms with E-state index >= 15 is 0 Å². The summed E-state index contributed by atoms with van der Waals surface area (Å²) in [6, 6.07) is 47.4. The SMILES string of the molecule is Fc1ccccn1.O=CO[O-].O=c1c2cc(-c3ccc(OC(F)(F)F)cc3)ccc2cnn1CCCO.O=c1c2cc(-c3ccc(OC(F)(F)F)cc3)ccc2cnn1CCCOc1ccccn1.O=c1c2cc(-c3ccc(OC(F)(F)F)cc3)ccc2cnn1CCCOc1ccccn1.[Cs+].[Cs+].[H-]. The van der Waals surface area contributed by atoms with E-state index in [1.165, 1.54) is 99.1 Å². The largest absolute Gasteiger partial charge is 1.00 e. The number of aliphatic hydroxyl groups excluding tert-OH is 1. The number of hydrogen-bond donors (Lipinski definition) is 1. The molecule has 6 aromatic carbocycles. The standard InChI is InChI=1S/2C23H18F3N3O3.C18H15F3N2O3.C5H4FN.CH2O3.2Cs.H/c2*24-23(25,26)32-19-9-7-16(8-10-19)17-5-6-18-15-28-29(22(30)20(18)14-17)12-3-13-31-21-4-1-2-11-27-21;19-18(20,21)26-15-6-4-12(5-7-15)13-2-3-14-11-22-23(8-1-9-24)17(25)16(14)10-13;6-5-3-1-2-4-7-5;2-1-4-3;;;/h2*1-2,4-11,14-15H,3,12-13H2;2-7,10-11,24H,1,8-9H2;1-4H;1,3H;;;/q;;;;;2*+1;-1/p-1. The van der Waals surface area contributed by atoms with E-state index in [-0.39, 0.29) is 186 Å². The minimum absolute atomic E-state index is 0. The first-order valence-corrected chi connectivity index (χ1v) is 30.0. The van der Waals surface area contributed by atoms with Crippen LogP contribution in [0.5, 0.6) is 29.0 Å². The van der Waals surface area contributed by atoms with E-state index in [9.17, 15) is 58.3 Å². The third kappa shape index (κ3) is 27.5. The Hall–Kier alpha value is -8.02. The zero-order valence-electron chi connectivity index (χ0n) is 55.5. The molecule has 0 radical (unpaired) electrons. The van der Waals surface area contributed by atoms with Gasteiger partial charge in [-0.3, -0.25) is 19.2 Å². The maximum absolute atomic E-state index is 12.9. The van der Waals surface area contributed by atoms with Gasteiger partial charge < -0.3 is 40.4 Å². The van der Waals surface area contributed by atoms with Crippen LogP contribution in [0.25, 0.3) is 65.7 Å². The van der Waals surface area contributed by atoms with E-state index in [2.05, 4.69) is 49.3 Å². The number of carbonyl (C=O) groups is 1. The molecule has 33 heteroatoms. The fourth-order valence-corrected chi connectivity index (χ4v) is 9.31. The molecule has 0 aliphatic heterocycles. The van der Waals surface area contributed by atoms with Crippen LogP contribution in [0.3, 0.4) is 0 Å². The van der Waals surface area contributed by atoms with Crippen LogP contribution in [0.1, 0.15) is 20.7 Å². The van der Waals surface area contributed by atoms with Crippen LogP contribution in [-0.2, 0) is 29.3 Å². The summed E-state index contributed by atoms with van der Waals surface area (Å²) in [6.07, 6.45) is -3.20. The van der Waals surface area contributed by atoms with Crippen molar-refractivity contribution in [1.29, 1.82) is 0 Å². The van der Waals surface area contributed by atoms with E-state index < -0.39 is 25.0 Å². The molecule has 0 aliphatic rings. The predicted molar refractivity (Wildman–Crippen MR) is 347 cm³/mol. The number of aromatic nitrogens is 9. The Labute approximate surface area is 697 Å². The number of carbonyl (C=O) groups excluding carboxylic acids is 1. The number of nitrogens with zero attached hydrogens (tertiary/aromatic N) is 9. The van der Waals surface area contributed by atoms with Crippen molar-refractivity contribution in [2.24, 2.45) is 0 Å². The summed E-state index contributed by atoms with van der Waals surface area (Å²) in [5, 5.41) is 33.2. The van der Waals surface area contributed by atoms with Crippen molar-refractivity contribution < 1.29 is 227 Å². The second kappa shape index (κ2) is 41.5. The number of aliphatic hydroxyl groups is 1. The molecule has 6 heterocycles. The second-order valence-corrected chi connectivity index (χ2v) is 20.8. The third-order valence-electron chi connectivity index (χ3n) is 13.8. The van der Waals surface area contributed by atoms with E-state index in [1.54, 1.807) is 122 Å². The molecule has 0 fully saturated rings. The summed E-state index contributed by atoms with van der Waals surface area (Å²) >= 11 is 0. The van der Waals surface area contributed by atoms with Crippen molar-refractivity contribution in [3.63, 3.8) is 0 Å². The van der Waals surface area contributed by atoms with Gasteiger partial charge in [-0.2, -0.15) is 19.7 Å². The predicted octanol–water partition coefficient (Wildman–Crippen LogP) is 6.77. The van der Waals surface area contributed by atoms with Gasteiger partial charge in [0.25, 0.3) is 23.2 Å². The minimum atomic E-state index is -4.74. The molecule has 526 valence electrons. The summed E-state index contributed by atoms with van der Waals surface area (Å²) < 4.78 is 149. The molecule has 0 atom stereocenters. The molecule has 21 nitrogen and oxygen atoms in total. The van der Waals surface area contributed by atoms with E-state index in [0.717, 1.165) is 0 Å². The molecular formula is C70H57Cs2F10N9O12. The molecule has 0 spiro atoms. The number of aryl methyl sites for hydroxylation is 3. The summed E-state index contributed by atoms with van der Waals surface area (Å²) in [5.74, 6) is -0.312. The Kier molecular flexibility index (Phi) is 33.8. The van der Waals surface area contributed by atoms with Gasteiger partial charge in [-0.1, -0.05) is 91.0 Å². The summed E-state index contributed by atoms with van der Waals surface area (Å²) in [5.41, 5.74) is 3.27. The van der Waals surface area contributed by atoms with Crippen molar-refractivity contribution in [1.82, 2.24) is 44.3 Å². The summed E-state index contributed by atoms with van der Waals surface area (Å²) in [4.78, 5) is 61.0. The molecule has 0 saturated heterocycles. The van der Waals surface area contributed by atoms with Crippen molar-refractivity contribution in [3.8, 4) is 62.4 Å². The van der Waals surface area contributed by atoms with Crippen LogP contribution < -0.4 is 183 Å². The van der Waals surface area contributed by atoms with Crippen LogP contribution in [0.2, 0.25) is 0 Å². The maximum atomic E-state index is 12.9. The molecule has 0 amide bonds. The second-order valence-electron chi connectivity index (χ2n) is 20.8. The van der Waals surface area contributed by atoms with Crippen LogP contribution in [0, 0.1) is 5.95 Å². The van der Waals surface area contributed by atoms with Crippen LogP contribution in [0.4, 0.5) is 43.9 Å². The Morgan fingerprint density at radius 1 is 0.427 bits per heavy atom. The average molecular weight is 1670 g/mol. The van der Waals surface area contributed by atoms with Crippen LogP contribution >= 0.6 is 0 Å². The van der Waals surface area contributed by atoms with Crippen molar-refractivity contribution >= 4 is 38.8 Å². The number of halogens is 10. The Balaban J connectivity index is 0.000000258. The number of benzene rings is 6. The first kappa shape index (κ1) is 83.9. The first-order valence-electron chi connectivity index (χ1n) is 30.0. The Morgan fingerprint density at radius 2 is 0.728 bits per heavy atom. The molecule has 12 aromatic rings. The summed E-state index contributed by atoms with van der Waals surface area (Å²) in [7, 11) is 0. The number of fused-ring (bicyclic) bond motifs is 3. The monoisotopic (exact) mass is 1670 g/mol. The van der Waals surface area contributed by atoms with Gasteiger partial charge in [-0.15, -0.1) is 39.5 Å². The zero-order valence-corrected chi connectivity index (χ0v) is 67.0. The number of alkyl halides is 9. The van der Waals surface area contributed by atoms with Gasteiger partial charge >= 0.3 is 157 Å². The zero-order chi connectivity index (χ0) is 72.4. The molecule has 103 heavy (non-hydrogen) atoms. The molecule has 6 aromatic heterocycles. The number of hydrogen-bond acceptors (Lipinski definition) is 18. The van der Waals surface area contributed by atoms with Crippen molar-refractivity contribution in [2.45, 2.75) is 58.0 Å². The van der Waals surface area contributed by atoms with Gasteiger partial charge in [0, 0.05) is 86.0 Å². The Morgan fingerprint density at radius 3 is 0.981 bits per heavy atom. The van der Waals surface area contributed by atoms with Gasteiger partial charge in [-0.25, -0.2) is 29.0 Å². The van der Waals surface area contributed by atoms with Crippen LogP contribution in [0.15, 0.2) is 234 Å². The first-order chi connectivity index (χ1) is 48.5. The van der Waals surface area contributed by atoms with Crippen LogP contribution in [-0.4, -0.2) is 94.8 Å². The van der Waals surface area contributed by atoms with Crippen molar-refractivity contribution in [3.05, 3.63) is 256 Å². The minimum Gasteiger partial charge on any atom is -1.00 e. The summed E-state index contributed by atoms with van der Waals surface area (Å²) in [6.45, 7) is 1.59. The fraction of sp³-hybridized carbons (Fsp3) is 0.171. The average Bonchev–Trinajstić information content (AvgIpc) is 0.804. The van der Waals surface area contributed by atoms with Gasteiger partial charge in [0.15, 0.2) is 0 Å². The van der Waals surface area contributed by atoms with Gasteiger partial charge in [0.05, 0.1) is 48.0 Å². The van der Waals surface area contributed by atoms with Gasteiger partial charge in [-0.05, 0) is 119 Å². The van der Waals surface area contributed by atoms with Gasteiger partial charge in [0.2, 0.25) is 17.7 Å². The number of rotatable bonds is 20. The Bertz CT molecular complexity index is 4610. The molecule has 0 aliphatic carbocycles. The number of pyridine rings is 3. The molecular weight excluding hydrogens is 1610 g/mol. The molecule has 12 rings (SSSR count). The van der Waals surface area contributed by atoms with Gasteiger partial charge in [0.1, 0.15) is 17.2 Å². The topological polar surface area (TPSA) is 259 Å². The van der Waals surface area contributed by atoms with E-state index in [1.807, 2.05) is 12.1 Å². The molecule has 0 bridgehead atoms. The third-order valence-corrected chi connectivity index (χ3v) is 13.8. The smallest absolute Gasteiger partial charge is 1.00 e. The normalized spacial score (nSPS) is 10.9.